The summed E-state index contributed by atoms with van der Waals surface area (Å²) in [6, 6.07) is 60.6. The lowest BCUT2D eigenvalue weighted by atomic mass is 9.33. The van der Waals surface area contributed by atoms with Crippen molar-refractivity contribution in [1.29, 1.82) is 0 Å². The molecular weight excluding hydrogens is 656 g/mol. The topological polar surface area (TPSA) is 20.6 Å². The van der Waals surface area contributed by atoms with Gasteiger partial charge in [0.1, 0.15) is 0 Å². The number of hydrogen-bond donors (Lipinski definition) is 0. The van der Waals surface area contributed by atoms with Crippen LogP contribution >= 0.6 is 0 Å². The summed E-state index contributed by atoms with van der Waals surface area (Å²) in [6.07, 6.45) is 0. The second kappa shape index (κ2) is 9.54. The molecule has 0 amide bonds. The van der Waals surface area contributed by atoms with E-state index in [9.17, 15) is 0 Å². The van der Waals surface area contributed by atoms with Crippen molar-refractivity contribution in [1.82, 2.24) is 4.57 Å². The molecule has 5 aliphatic heterocycles. The molecule has 0 saturated heterocycles. The van der Waals surface area contributed by atoms with Gasteiger partial charge in [-0.05, 0) is 87.0 Å². The van der Waals surface area contributed by atoms with E-state index in [4.69, 9.17) is 4.74 Å². The third-order valence-corrected chi connectivity index (χ3v) is 12.7. The number of aromatic nitrogens is 1. The second-order valence-corrected chi connectivity index (χ2v) is 15.2. The Kier molecular flexibility index (Phi) is 4.90. The molecule has 246 valence electrons. The zero-order valence-electron chi connectivity index (χ0n) is 29.0. The lowest BCUT2D eigenvalue weighted by molar-refractivity contribution is 0.478. The number of para-hydroxylation sites is 4. The number of anilines is 6. The first kappa shape index (κ1) is 27.7. The number of hydrogen-bond acceptors (Lipinski definition) is 3. The first-order valence-electron chi connectivity index (χ1n) is 18.8. The van der Waals surface area contributed by atoms with Gasteiger partial charge in [0, 0.05) is 45.3 Å². The Balaban J connectivity index is 1.10. The van der Waals surface area contributed by atoms with Crippen molar-refractivity contribution in [2.24, 2.45) is 0 Å². The van der Waals surface area contributed by atoms with Gasteiger partial charge < -0.3 is 19.1 Å². The predicted molar refractivity (Wildman–Crippen MR) is 225 cm³/mol. The quantitative estimate of drug-likeness (QED) is 0.165. The molecule has 5 aliphatic rings. The van der Waals surface area contributed by atoms with Gasteiger partial charge in [-0.2, -0.15) is 0 Å². The molecule has 0 atom stereocenters. The van der Waals surface area contributed by atoms with E-state index in [2.05, 4.69) is 178 Å². The summed E-state index contributed by atoms with van der Waals surface area (Å²) in [5.41, 5.74) is 21.4. The highest BCUT2D eigenvalue weighted by atomic mass is 16.5. The fraction of sp³-hybridized carbons (Fsp3) is 0. The number of fused-ring (bicyclic) bond motifs is 16. The molecule has 0 radical (unpaired) electrons. The average molecular weight is 683 g/mol. The van der Waals surface area contributed by atoms with Gasteiger partial charge in [-0.1, -0.05) is 115 Å². The van der Waals surface area contributed by atoms with E-state index in [0.29, 0.717) is 0 Å². The van der Waals surface area contributed by atoms with Gasteiger partial charge in [0.2, 0.25) is 6.71 Å². The Hall–Kier alpha value is -6.91. The van der Waals surface area contributed by atoms with Gasteiger partial charge in [-0.25, -0.2) is 0 Å². The highest BCUT2D eigenvalue weighted by Gasteiger charge is 2.48. The normalized spacial score (nSPS) is 14.3. The fourth-order valence-corrected chi connectivity index (χ4v) is 10.8. The molecule has 1 aromatic heterocycles. The van der Waals surface area contributed by atoms with E-state index in [1.807, 2.05) is 0 Å². The lowest BCUT2D eigenvalue weighted by Crippen LogP contribution is -2.60. The fourth-order valence-electron chi connectivity index (χ4n) is 10.8. The molecule has 0 bridgehead atoms. The van der Waals surface area contributed by atoms with E-state index < -0.39 is 0 Å². The molecule has 0 unspecified atom stereocenters. The van der Waals surface area contributed by atoms with Crippen LogP contribution in [0.2, 0.25) is 0 Å². The van der Waals surface area contributed by atoms with E-state index in [0.717, 1.165) is 28.6 Å². The Labute approximate surface area is 312 Å². The molecule has 54 heavy (non-hydrogen) atoms. The third kappa shape index (κ3) is 3.14. The molecule has 0 N–H and O–H groups in total. The van der Waals surface area contributed by atoms with Crippen molar-refractivity contribution in [2.45, 2.75) is 0 Å². The SMILES string of the molecule is c1ccc(N2c3cc4c(cc3B3c5ccccc5-n5c6ccccc6c6ccc2c3c65)N2c3ccccc3B3c5ccccc5-c5ccc(c2c53)O4)cc1. The Bertz CT molecular complexity index is 3190. The molecule has 9 aromatic rings. The van der Waals surface area contributed by atoms with Crippen LogP contribution < -0.4 is 47.3 Å². The summed E-state index contributed by atoms with van der Waals surface area (Å²) in [5.74, 6) is 1.78. The highest BCUT2D eigenvalue weighted by Crippen LogP contribution is 2.54. The minimum atomic E-state index is 0.0249. The largest absolute Gasteiger partial charge is 0.453 e. The van der Waals surface area contributed by atoms with Gasteiger partial charge >= 0.3 is 0 Å². The molecule has 6 heteroatoms. The number of ether oxygens (including phenoxy) is 1. The van der Waals surface area contributed by atoms with Crippen molar-refractivity contribution in [3.63, 3.8) is 0 Å². The Morgan fingerprint density at radius 2 is 1.13 bits per heavy atom. The maximum absolute atomic E-state index is 7.10. The zero-order valence-corrected chi connectivity index (χ0v) is 29.0. The second-order valence-electron chi connectivity index (χ2n) is 15.2. The van der Waals surface area contributed by atoms with Gasteiger partial charge in [0.15, 0.2) is 11.5 Å². The zero-order chi connectivity index (χ0) is 34.8. The van der Waals surface area contributed by atoms with E-state index in [1.54, 1.807) is 0 Å². The minimum Gasteiger partial charge on any atom is -0.453 e. The van der Waals surface area contributed by atoms with Crippen molar-refractivity contribution < 1.29 is 4.74 Å². The molecule has 0 aliphatic carbocycles. The molecule has 14 rings (SSSR count). The Morgan fingerprint density at radius 1 is 0.407 bits per heavy atom. The number of nitrogens with zero attached hydrogens (tertiary/aromatic N) is 3. The van der Waals surface area contributed by atoms with Gasteiger partial charge in [-0.15, -0.1) is 0 Å². The van der Waals surface area contributed by atoms with Crippen LogP contribution in [0.1, 0.15) is 0 Å². The molecule has 0 saturated carbocycles. The number of rotatable bonds is 1. The summed E-state index contributed by atoms with van der Waals surface area (Å²) in [5, 5.41) is 2.58. The highest BCUT2D eigenvalue weighted by molar-refractivity contribution is 7.02. The van der Waals surface area contributed by atoms with E-state index >= 15 is 0 Å². The van der Waals surface area contributed by atoms with Crippen LogP contribution in [0, 0.1) is 0 Å². The maximum atomic E-state index is 7.10. The lowest BCUT2D eigenvalue weighted by Gasteiger charge is -2.43. The molecule has 0 spiro atoms. The van der Waals surface area contributed by atoms with Crippen LogP contribution in [0.25, 0.3) is 38.6 Å². The molecule has 8 aromatic carbocycles. The van der Waals surface area contributed by atoms with Crippen LogP contribution in [0.3, 0.4) is 0 Å². The summed E-state index contributed by atoms with van der Waals surface area (Å²) >= 11 is 0. The van der Waals surface area contributed by atoms with Gasteiger partial charge in [0.05, 0.1) is 22.4 Å². The average Bonchev–Trinajstić information content (AvgIpc) is 3.76. The third-order valence-electron chi connectivity index (χ3n) is 12.7. The smallest absolute Gasteiger partial charge is 0.252 e. The van der Waals surface area contributed by atoms with E-state index in [1.165, 1.54) is 88.5 Å². The van der Waals surface area contributed by atoms with Crippen molar-refractivity contribution in [2.75, 3.05) is 9.80 Å². The Morgan fingerprint density at radius 3 is 2.02 bits per heavy atom. The first-order valence-corrected chi connectivity index (χ1v) is 18.8. The maximum Gasteiger partial charge on any atom is 0.252 e. The van der Waals surface area contributed by atoms with Crippen molar-refractivity contribution in [3.8, 4) is 28.3 Å². The minimum absolute atomic E-state index is 0.0249. The predicted octanol–water partition coefficient (Wildman–Crippen LogP) is 7.78. The molecular formula is C48H27B2N3O. The summed E-state index contributed by atoms with van der Waals surface area (Å²) in [7, 11) is 0. The summed E-state index contributed by atoms with van der Waals surface area (Å²) in [6.45, 7) is 0.194. The van der Waals surface area contributed by atoms with Crippen LogP contribution in [-0.2, 0) is 0 Å². The summed E-state index contributed by atoms with van der Waals surface area (Å²) in [4.78, 5) is 4.98. The van der Waals surface area contributed by atoms with Crippen molar-refractivity contribution >= 4 is 102 Å². The first-order chi connectivity index (χ1) is 26.8. The van der Waals surface area contributed by atoms with Gasteiger partial charge in [-0.3, -0.25) is 0 Å². The van der Waals surface area contributed by atoms with Crippen LogP contribution in [0.5, 0.6) is 11.5 Å². The van der Waals surface area contributed by atoms with Crippen LogP contribution in [0.15, 0.2) is 164 Å². The van der Waals surface area contributed by atoms with Gasteiger partial charge in [0.25, 0.3) is 6.71 Å². The molecule has 6 heterocycles. The van der Waals surface area contributed by atoms with E-state index in [-0.39, 0.29) is 13.4 Å². The molecule has 0 fully saturated rings. The summed E-state index contributed by atoms with van der Waals surface area (Å²) < 4.78 is 9.61. The molecule has 4 nitrogen and oxygen atoms in total. The number of benzene rings is 8. The van der Waals surface area contributed by atoms with Crippen LogP contribution in [0.4, 0.5) is 34.1 Å². The monoisotopic (exact) mass is 683 g/mol. The standard InChI is InChI=1S/C48H27B2N3O/c1-2-12-28(13-3-1)51-40-24-22-32-30-15-5-9-19-37(30)52-38-20-10-8-18-35(38)50(46(40)47(32)52)36-26-42-44(27-41(36)51)54-43-25-23-31-29-14-4-6-16-33(29)49-34-17-7-11-21-39(34)53(42)48(43)45(31)49/h1-27H. The van der Waals surface area contributed by atoms with Crippen LogP contribution in [-0.4, -0.2) is 18.0 Å². The van der Waals surface area contributed by atoms with Crippen molar-refractivity contribution in [3.05, 3.63) is 164 Å².